The Morgan fingerprint density at radius 2 is 2.29 bits per heavy atom. The van der Waals surface area contributed by atoms with E-state index in [0.717, 1.165) is 34.9 Å². The largest absolute Gasteiger partial charge is 0.342 e. The Balaban J connectivity index is 2.12. The third kappa shape index (κ3) is 3.32. The molecule has 3 N–H and O–H groups in total. The Morgan fingerprint density at radius 1 is 1.47 bits per heavy atom. The van der Waals surface area contributed by atoms with Crippen LogP contribution in [0.4, 0.5) is 0 Å². The molecule has 0 saturated heterocycles. The van der Waals surface area contributed by atoms with E-state index < -0.39 is 0 Å². The van der Waals surface area contributed by atoms with Gasteiger partial charge in [0, 0.05) is 23.0 Å². The van der Waals surface area contributed by atoms with Gasteiger partial charge in [-0.1, -0.05) is 23.7 Å². The van der Waals surface area contributed by atoms with Crippen molar-refractivity contribution in [2.24, 2.45) is 5.73 Å². The van der Waals surface area contributed by atoms with E-state index in [9.17, 15) is 0 Å². The monoisotopic (exact) mass is 249 g/mol. The van der Waals surface area contributed by atoms with Crippen LogP contribution in [0.2, 0.25) is 5.02 Å². The SMILES string of the molecule is CC(N)CCc1ncc(-c2cccc(Cl)c2)[nH]1. The molecule has 4 heteroatoms. The number of imidazole rings is 1. The van der Waals surface area contributed by atoms with Gasteiger partial charge < -0.3 is 10.7 Å². The quantitative estimate of drug-likeness (QED) is 0.875. The van der Waals surface area contributed by atoms with Gasteiger partial charge in [-0.2, -0.15) is 0 Å². The first-order valence-corrected chi connectivity index (χ1v) is 6.08. The minimum absolute atomic E-state index is 0.203. The molecule has 0 aliphatic carbocycles. The van der Waals surface area contributed by atoms with E-state index in [-0.39, 0.29) is 6.04 Å². The number of nitrogens with two attached hydrogens (primary N) is 1. The Bertz CT molecular complexity index is 491. The average Bonchev–Trinajstić information content (AvgIpc) is 2.75. The van der Waals surface area contributed by atoms with Crippen molar-refractivity contribution in [2.45, 2.75) is 25.8 Å². The van der Waals surface area contributed by atoms with Crippen molar-refractivity contribution in [1.29, 1.82) is 0 Å². The standard InChI is InChI=1S/C13H16ClN3/c1-9(15)5-6-13-16-8-12(17-13)10-3-2-4-11(14)7-10/h2-4,7-9H,5-6,15H2,1H3,(H,16,17). The molecule has 0 bridgehead atoms. The molecule has 0 fully saturated rings. The molecule has 3 nitrogen and oxygen atoms in total. The number of aryl methyl sites for hydroxylation is 1. The molecule has 1 aromatic carbocycles. The van der Waals surface area contributed by atoms with E-state index in [4.69, 9.17) is 17.3 Å². The second-order valence-electron chi connectivity index (χ2n) is 4.27. The molecule has 90 valence electrons. The van der Waals surface area contributed by atoms with Crippen molar-refractivity contribution < 1.29 is 0 Å². The number of hydrogen-bond acceptors (Lipinski definition) is 2. The van der Waals surface area contributed by atoms with Crippen molar-refractivity contribution in [2.75, 3.05) is 0 Å². The molecule has 2 aromatic rings. The van der Waals surface area contributed by atoms with Crippen LogP contribution in [0.3, 0.4) is 0 Å². The normalized spacial score (nSPS) is 12.6. The van der Waals surface area contributed by atoms with Crippen LogP contribution >= 0.6 is 11.6 Å². The van der Waals surface area contributed by atoms with Crippen LogP contribution in [0.15, 0.2) is 30.5 Å². The molecule has 0 saturated carbocycles. The molecular formula is C13H16ClN3. The smallest absolute Gasteiger partial charge is 0.106 e. The number of benzene rings is 1. The summed E-state index contributed by atoms with van der Waals surface area (Å²) in [4.78, 5) is 7.63. The first-order valence-electron chi connectivity index (χ1n) is 5.70. The van der Waals surface area contributed by atoms with Crippen molar-refractivity contribution in [3.63, 3.8) is 0 Å². The lowest BCUT2D eigenvalue weighted by molar-refractivity contribution is 0.652. The predicted molar refractivity (Wildman–Crippen MR) is 71.0 cm³/mol. The maximum atomic E-state index is 5.95. The maximum Gasteiger partial charge on any atom is 0.106 e. The highest BCUT2D eigenvalue weighted by Crippen LogP contribution is 2.21. The summed E-state index contributed by atoms with van der Waals surface area (Å²) in [5, 5.41) is 0.731. The highest BCUT2D eigenvalue weighted by molar-refractivity contribution is 6.30. The van der Waals surface area contributed by atoms with Gasteiger partial charge in [0.05, 0.1) is 11.9 Å². The Kier molecular flexibility index (Phi) is 3.82. The molecule has 0 aliphatic heterocycles. The Morgan fingerprint density at radius 3 is 3.00 bits per heavy atom. The molecule has 2 rings (SSSR count). The van der Waals surface area contributed by atoms with Crippen molar-refractivity contribution >= 4 is 11.6 Å². The predicted octanol–water partition coefficient (Wildman–Crippen LogP) is 3.01. The van der Waals surface area contributed by atoms with E-state index in [1.54, 1.807) is 0 Å². The summed E-state index contributed by atoms with van der Waals surface area (Å²) in [6, 6.07) is 7.92. The lowest BCUT2D eigenvalue weighted by Gasteiger charge is -2.01. The van der Waals surface area contributed by atoms with Gasteiger partial charge in [0.1, 0.15) is 5.82 Å². The van der Waals surface area contributed by atoms with Crippen LogP contribution in [0, 0.1) is 0 Å². The zero-order valence-electron chi connectivity index (χ0n) is 9.78. The van der Waals surface area contributed by atoms with Crippen molar-refractivity contribution in [3.05, 3.63) is 41.3 Å². The average molecular weight is 250 g/mol. The molecule has 0 aliphatic rings. The molecule has 1 aromatic heterocycles. The van der Waals surface area contributed by atoms with Crippen LogP contribution in [-0.4, -0.2) is 16.0 Å². The third-order valence-electron chi connectivity index (χ3n) is 2.60. The fourth-order valence-corrected chi connectivity index (χ4v) is 1.85. The van der Waals surface area contributed by atoms with Gasteiger partial charge in [-0.3, -0.25) is 0 Å². The highest BCUT2D eigenvalue weighted by Gasteiger charge is 2.04. The van der Waals surface area contributed by atoms with E-state index in [1.807, 2.05) is 37.4 Å². The second-order valence-corrected chi connectivity index (χ2v) is 4.71. The van der Waals surface area contributed by atoms with E-state index >= 15 is 0 Å². The van der Waals surface area contributed by atoms with E-state index in [1.165, 1.54) is 0 Å². The van der Waals surface area contributed by atoms with Crippen molar-refractivity contribution in [1.82, 2.24) is 9.97 Å². The molecule has 0 amide bonds. The number of nitrogens with zero attached hydrogens (tertiary/aromatic N) is 1. The maximum absolute atomic E-state index is 5.95. The fraction of sp³-hybridized carbons (Fsp3) is 0.308. The van der Waals surface area contributed by atoms with Gasteiger partial charge >= 0.3 is 0 Å². The first-order chi connectivity index (χ1) is 8.15. The summed E-state index contributed by atoms with van der Waals surface area (Å²) in [6.07, 6.45) is 3.64. The first kappa shape index (κ1) is 12.1. The number of aromatic nitrogens is 2. The van der Waals surface area contributed by atoms with Crippen molar-refractivity contribution in [3.8, 4) is 11.3 Å². The zero-order chi connectivity index (χ0) is 12.3. The number of halogens is 1. The summed E-state index contributed by atoms with van der Waals surface area (Å²) in [5.41, 5.74) is 7.76. The molecule has 1 heterocycles. The summed E-state index contributed by atoms with van der Waals surface area (Å²) in [6.45, 7) is 2.00. The number of rotatable bonds is 4. The zero-order valence-corrected chi connectivity index (χ0v) is 10.5. The fourth-order valence-electron chi connectivity index (χ4n) is 1.66. The number of H-pyrrole nitrogens is 1. The van der Waals surface area contributed by atoms with E-state index in [0.29, 0.717) is 0 Å². The molecule has 0 spiro atoms. The summed E-state index contributed by atoms with van der Waals surface area (Å²) < 4.78 is 0. The minimum atomic E-state index is 0.203. The lowest BCUT2D eigenvalue weighted by atomic mass is 10.2. The number of hydrogen-bond donors (Lipinski definition) is 2. The summed E-state index contributed by atoms with van der Waals surface area (Å²) >= 11 is 5.95. The van der Waals surface area contributed by atoms with Crippen LogP contribution in [0.5, 0.6) is 0 Å². The van der Waals surface area contributed by atoms with Gasteiger partial charge in [-0.25, -0.2) is 4.98 Å². The Labute approximate surface area is 106 Å². The van der Waals surface area contributed by atoms with Crippen LogP contribution in [0.25, 0.3) is 11.3 Å². The minimum Gasteiger partial charge on any atom is -0.342 e. The van der Waals surface area contributed by atoms with E-state index in [2.05, 4.69) is 9.97 Å². The van der Waals surface area contributed by atoms with Gasteiger partial charge in [0.2, 0.25) is 0 Å². The van der Waals surface area contributed by atoms with Crippen LogP contribution in [0.1, 0.15) is 19.2 Å². The second kappa shape index (κ2) is 5.34. The van der Waals surface area contributed by atoms with Gasteiger partial charge in [0.15, 0.2) is 0 Å². The molecule has 1 atom stereocenters. The van der Waals surface area contributed by atoms with Gasteiger partial charge in [-0.15, -0.1) is 0 Å². The molecular weight excluding hydrogens is 234 g/mol. The lowest BCUT2D eigenvalue weighted by Crippen LogP contribution is -2.15. The molecule has 0 radical (unpaired) electrons. The number of aromatic amines is 1. The molecule has 1 unspecified atom stereocenters. The van der Waals surface area contributed by atoms with Gasteiger partial charge in [-0.05, 0) is 25.5 Å². The topological polar surface area (TPSA) is 54.7 Å². The number of nitrogens with one attached hydrogen (secondary N) is 1. The van der Waals surface area contributed by atoms with Crippen LogP contribution < -0.4 is 5.73 Å². The van der Waals surface area contributed by atoms with Gasteiger partial charge in [0.25, 0.3) is 0 Å². The molecule has 17 heavy (non-hydrogen) atoms. The highest BCUT2D eigenvalue weighted by atomic mass is 35.5. The summed E-state index contributed by atoms with van der Waals surface area (Å²) in [7, 11) is 0. The summed E-state index contributed by atoms with van der Waals surface area (Å²) in [5.74, 6) is 0.970. The Hall–Kier alpha value is -1.32. The van der Waals surface area contributed by atoms with Crippen LogP contribution in [-0.2, 0) is 6.42 Å². The third-order valence-corrected chi connectivity index (χ3v) is 2.84.